The van der Waals surface area contributed by atoms with Crippen LogP contribution < -0.4 is 10.5 Å². The molecule has 0 aliphatic heterocycles. The summed E-state index contributed by atoms with van der Waals surface area (Å²) in [5, 5.41) is 0. The Labute approximate surface area is 119 Å². The minimum Gasteiger partial charge on any atom is -0.495 e. The molecule has 104 valence electrons. The van der Waals surface area contributed by atoms with Gasteiger partial charge < -0.3 is 15.0 Å². The van der Waals surface area contributed by atoms with Gasteiger partial charge in [-0.1, -0.05) is 17.9 Å². The van der Waals surface area contributed by atoms with E-state index in [2.05, 4.69) is 28.3 Å². The number of benzene rings is 1. The fourth-order valence-electron chi connectivity index (χ4n) is 2.00. The van der Waals surface area contributed by atoms with Crippen LogP contribution in [0.5, 0.6) is 5.75 Å². The van der Waals surface area contributed by atoms with Crippen LogP contribution in [0.4, 0.5) is 0 Å². The number of aryl methyl sites for hydroxylation is 1. The van der Waals surface area contributed by atoms with Crippen LogP contribution >= 0.6 is 0 Å². The van der Waals surface area contributed by atoms with Gasteiger partial charge in [0.25, 0.3) is 0 Å². The topological polar surface area (TPSA) is 53.1 Å². The number of rotatable bonds is 3. The largest absolute Gasteiger partial charge is 0.495 e. The Morgan fingerprint density at radius 3 is 2.75 bits per heavy atom. The predicted molar refractivity (Wildman–Crippen MR) is 79.7 cm³/mol. The van der Waals surface area contributed by atoms with E-state index in [1.165, 1.54) is 5.69 Å². The molecule has 0 bridgehead atoms. The van der Waals surface area contributed by atoms with Gasteiger partial charge in [-0.25, -0.2) is 4.98 Å². The van der Waals surface area contributed by atoms with Crippen molar-refractivity contribution in [3.05, 3.63) is 47.0 Å². The minimum atomic E-state index is 0.340. The van der Waals surface area contributed by atoms with E-state index in [9.17, 15) is 0 Å². The van der Waals surface area contributed by atoms with E-state index in [1.807, 2.05) is 31.5 Å². The third-order valence-electron chi connectivity index (χ3n) is 3.29. The van der Waals surface area contributed by atoms with Crippen LogP contribution in [0.3, 0.4) is 0 Å². The van der Waals surface area contributed by atoms with Crippen LogP contribution in [0.1, 0.15) is 22.5 Å². The second-order valence-electron chi connectivity index (χ2n) is 4.58. The van der Waals surface area contributed by atoms with Crippen LogP contribution in [-0.4, -0.2) is 23.2 Å². The first-order valence-electron chi connectivity index (χ1n) is 6.50. The van der Waals surface area contributed by atoms with E-state index in [4.69, 9.17) is 10.5 Å². The van der Waals surface area contributed by atoms with E-state index in [0.717, 1.165) is 29.1 Å². The Morgan fingerprint density at radius 1 is 1.35 bits per heavy atom. The van der Waals surface area contributed by atoms with Crippen LogP contribution in [0.25, 0.3) is 0 Å². The first kappa shape index (κ1) is 14.2. The van der Waals surface area contributed by atoms with Crippen molar-refractivity contribution in [2.45, 2.75) is 20.4 Å². The highest BCUT2D eigenvalue weighted by Gasteiger charge is 2.06. The lowest BCUT2D eigenvalue weighted by molar-refractivity contribution is 0.413. The van der Waals surface area contributed by atoms with Crippen molar-refractivity contribution in [2.75, 3.05) is 13.7 Å². The van der Waals surface area contributed by atoms with Crippen molar-refractivity contribution in [1.82, 2.24) is 9.55 Å². The van der Waals surface area contributed by atoms with Crippen LogP contribution in [-0.2, 0) is 6.54 Å². The van der Waals surface area contributed by atoms with Gasteiger partial charge in [0.2, 0.25) is 0 Å². The number of aromatic nitrogens is 2. The second kappa shape index (κ2) is 6.27. The Bertz CT molecular complexity index is 662. The lowest BCUT2D eigenvalue weighted by Crippen LogP contribution is -2.01. The minimum absolute atomic E-state index is 0.340. The molecule has 20 heavy (non-hydrogen) atoms. The number of methoxy groups -OCH3 is 1. The summed E-state index contributed by atoms with van der Waals surface area (Å²) in [5.41, 5.74) is 9.68. The number of ether oxygens (including phenoxy) is 1. The predicted octanol–water partition coefficient (Wildman–Crippen LogP) is 1.87. The maximum atomic E-state index is 5.43. The van der Waals surface area contributed by atoms with E-state index >= 15 is 0 Å². The Balaban J connectivity index is 2.31. The van der Waals surface area contributed by atoms with Gasteiger partial charge in [0.1, 0.15) is 5.75 Å². The lowest BCUT2D eigenvalue weighted by atomic mass is 10.1. The van der Waals surface area contributed by atoms with Gasteiger partial charge in [-0.2, -0.15) is 0 Å². The van der Waals surface area contributed by atoms with Gasteiger partial charge >= 0.3 is 0 Å². The van der Waals surface area contributed by atoms with E-state index in [1.54, 1.807) is 7.11 Å². The lowest BCUT2D eigenvalue weighted by Gasteiger charge is -2.09. The van der Waals surface area contributed by atoms with E-state index in [-0.39, 0.29) is 0 Å². The maximum absolute atomic E-state index is 5.43. The zero-order valence-corrected chi connectivity index (χ0v) is 12.1. The summed E-state index contributed by atoms with van der Waals surface area (Å²) in [6.45, 7) is 5.19. The molecule has 0 saturated carbocycles. The SMILES string of the molecule is COc1ccc(Cn2cnc(C)c2C)cc1C#CCN. The summed E-state index contributed by atoms with van der Waals surface area (Å²) in [7, 11) is 1.64. The Morgan fingerprint density at radius 2 is 2.15 bits per heavy atom. The summed E-state index contributed by atoms with van der Waals surface area (Å²) >= 11 is 0. The number of nitrogens with zero attached hydrogens (tertiary/aromatic N) is 2. The molecule has 0 radical (unpaired) electrons. The third-order valence-corrected chi connectivity index (χ3v) is 3.29. The summed E-state index contributed by atoms with van der Waals surface area (Å²) < 4.78 is 7.44. The monoisotopic (exact) mass is 269 g/mol. The molecule has 2 aromatic rings. The van der Waals surface area contributed by atoms with Crippen LogP contribution in [0.2, 0.25) is 0 Å². The van der Waals surface area contributed by atoms with E-state index < -0.39 is 0 Å². The molecule has 1 heterocycles. The van der Waals surface area contributed by atoms with Gasteiger partial charge in [-0.05, 0) is 31.5 Å². The fraction of sp³-hybridized carbons (Fsp3) is 0.312. The second-order valence-corrected chi connectivity index (χ2v) is 4.58. The normalized spacial score (nSPS) is 10.0. The third kappa shape index (κ3) is 3.01. The van der Waals surface area contributed by atoms with Gasteiger partial charge in [0, 0.05) is 12.2 Å². The molecule has 0 aliphatic rings. The van der Waals surface area contributed by atoms with E-state index in [0.29, 0.717) is 6.54 Å². The molecule has 0 unspecified atom stereocenters. The molecule has 1 aromatic heterocycles. The molecule has 0 saturated heterocycles. The quantitative estimate of drug-likeness (QED) is 0.865. The average Bonchev–Trinajstić information content (AvgIpc) is 2.77. The van der Waals surface area contributed by atoms with Crippen LogP contribution in [0.15, 0.2) is 24.5 Å². The standard InChI is InChI=1S/C16H19N3O/c1-12-13(2)19(11-18-12)10-14-6-7-16(20-3)15(9-14)5-4-8-17/h6-7,9,11H,8,10,17H2,1-3H3. The molecular weight excluding hydrogens is 250 g/mol. The molecule has 2 N–H and O–H groups in total. The molecule has 4 heteroatoms. The molecule has 2 rings (SSSR count). The average molecular weight is 269 g/mol. The van der Waals surface area contributed by atoms with Gasteiger partial charge in [0.05, 0.1) is 31.2 Å². The van der Waals surface area contributed by atoms with Crippen molar-refractivity contribution in [1.29, 1.82) is 0 Å². The van der Waals surface area contributed by atoms with Crippen LogP contribution in [0, 0.1) is 25.7 Å². The first-order chi connectivity index (χ1) is 9.65. The van der Waals surface area contributed by atoms with Gasteiger partial charge in [-0.15, -0.1) is 0 Å². The zero-order chi connectivity index (χ0) is 14.5. The molecule has 0 spiro atoms. The number of nitrogens with two attached hydrogens (primary N) is 1. The fourth-order valence-corrected chi connectivity index (χ4v) is 2.00. The van der Waals surface area contributed by atoms with Crippen molar-refractivity contribution < 1.29 is 4.74 Å². The molecule has 0 fully saturated rings. The molecule has 0 aliphatic carbocycles. The molecule has 1 aromatic carbocycles. The Hall–Kier alpha value is -2.25. The molecular formula is C16H19N3O. The van der Waals surface area contributed by atoms with Crippen molar-refractivity contribution >= 4 is 0 Å². The summed E-state index contributed by atoms with van der Waals surface area (Å²) in [6.07, 6.45) is 1.86. The van der Waals surface area contributed by atoms with Gasteiger partial charge in [-0.3, -0.25) is 0 Å². The molecule has 0 amide bonds. The first-order valence-corrected chi connectivity index (χ1v) is 6.50. The molecule has 4 nitrogen and oxygen atoms in total. The van der Waals surface area contributed by atoms with Crippen molar-refractivity contribution in [3.8, 4) is 17.6 Å². The highest BCUT2D eigenvalue weighted by atomic mass is 16.5. The maximum Gasteiger partial charge on any atom is 0.134 e. The number of imidazole rings is 1. The Kier molecular flexibility index (Phi) is 4.44. The summed E-state index contributed by atoms with van der Waals surface area (Å²) in [6, 6.07) is 6.02. The highest BCUT2D eigenvalue weighted by Crippen LogP contribution is 2.20. The summed E-state index contributed by atoms with van der Waals surface area (Å²) in [5.74, 6) is 6.68. The molecule has 0 atom stereocenters. The zero-order valence-electron chi connectivity index (χ0n) is 12.1. The summed E-state index contributed by atoms with van der Waals surface area (Å²) in [4.78, 5) is 4.31. The number of hydrogen-bond acceptors (Lipinski definition) is 3. The number of hydrogen-bond donors (Lipinski definition) is 1. The smallest absolute Gasteiger partial charge is 0.134 e. The van der Waals surface area contributed by atoms with Crippen molar-refractivity contribution in [3.63, 3.8) is 0 Å². The van der Waals surface area contributed by atoms with Crippen molar-refractivity contribution in [2.24, 2.45) is 5.73 Å². The van der Waals surface area contributed by atoms with Gasteiger partial charge in [0.15, 0.2) is 0 Å². The highest BCUT2D eigenvalue weighted by molar-refractivity contribution is 5.48.